The number of aromatic nitrogens is 5. The van der Waals surface area contributed by atoms with Crippen LogP contribution in [0.2, 0.25) is 0 Å². The summed E-state index contributed by atoms with van der Waals surface area (Å²) in [5.74, 6) is 1.72. The Labute approximate surface area is 239 Å². The van der Waals surface area contributed by atoms with Crippen LogP contribution in [0.4, 0.5) is 10.6 Å². The van der Waals surface area contributed by atoms with Gasteiger partial charge in [-0.25, -0.2) is 14.8 Å². The van der Waals surface area contributed by atoms with E-state index in [4.69, 9.17) is 19.4 Å². The van der Waals surface area contributed by atoms with E-state index in [2.05, 4.69) is 30.6 Å². The standard InChI is InChI=1S/C28H40N8O3S/c1-3-39-28(37)35-12-10-34(11-13-35)22-6-4-21(5-7-22)30-26-25-19(2)33-40-27(25)32-24(31-26)16-20-17-29-36(18-20)23-8-14-38-15-9-23/h17-18,21-23H,3-16H2,1-2H3,(H,30,31,32). The number of nitrogens with one attached hydrogen (secondary N) is 1. The van der Waals surface area contributed by atoms with Gasteiger partial charge >= 0.3 is 6.09 Å². The highest BCUT2D eigenvalue weighted by Gasteiger charge is 2.30. The molecule has 0 unspecified atom stereocenters. The van der Waals surface area contributed by atoms with Gasteiger partial charge in [-0.15, -0.1) is 0 Å². The lowest BCUT2D eigenvalue weighted by atomic mass is 9.89. The maximum Gasteiger partial charge on any atom is 0.409 e. The van der Waals surface area contributed by atoms with Crippen molar-refractivity contribution >= 4 is 33.7 Å². The highest BCUT2D eigenvalue weighted by atomic mass is 32.1. The molecule has 0 atom stereocenters. The van der Waals surface area contributed by atoms with Gasteiger partial charge in [0.1, 0.15) is 16.5 Å². The Morgan fingerprint density at radius 2 is 1.85 bits per heavy atom. The first-order valence-electron chi connectivity index (χ1n) is 14.7. The smallest absolute Gasteiger partial charge is 0.409 e. The summed E-state index contributed by atoms with van der Waals surface area (Å²) in [6.07, 6.45) is 11.0. The molecule has 216 valence electrons. The zero-order valence-electron chi connectivity index (χ0n) is 23.5. The molecule has 3 aromatic rings. The van der Waals surface area contributed by atoms with E-state index in [9.17, 15) is 4.79 Å². The van der Waals surface area contributed by atoms with Gasteiger partial charge in [-0.05, 0) is 69.5 Å². The number of piperazine rings is 1. The third-order valence-corrected chi connectivity index (χ3v) is 9.36. The van der Waals surface area contributed by atoms with Crippen LogP contribution >= 0.6 is 11.5 Å². The molecule has 1 N–H and O–H groups in total. The molecule has 1 aliphatic carbocycles. The van der Waals surface area contributed by atoms with Crippen molar-refractivity contribution in [1.29, 1.82) is 0 Å². The van der Waals surface area contributed by atoms with Crippen molar-refractivity contribution < 1.29 is 14.3 Å². The second kappa shape index (κ2) is 12.4. The Kier molecular flexibility index (Phi) is 8.45. The van der Waals surface area contributed by atoms with Crippen molar-refractivity contribution in [2.24, 2.45) is 0 Å². The van der Waals surface area contributed by atoms with Crippen molar-refractivity contribution in [1.82, 2.24) is 33.9 Å². The van der Waals surface area contributed by atoms with E-state index in [0.717, 1.165) is 111 Å². The van der Waals surface area contributed by atoms with Gasteiger partial charge in [0.05, 0.1) is 29.9 Å². The van der Waals surface area contributed by atoms with Crippen molar-refractivity contribution in [3.05, 3.63) is 29.5 Å². The van der Waals surface area contributed by atoms with Crippen LogP contribution in [0.25, 0.3) is 10.2 Å². The number of anilines is 1. The topological polar surface area (TPSA) is 111 Å². The number of carbonyl (C=O) groups is 1. The maximum atomic E-state index is 12.0. The lowest BCUT2D eigenvalue weighted by molar-refractivity contribution is 0.0574. The SMILES string of the molecule is CCOC(=O)N1CCN(C2CCC(Nc3nc(Cc4cnn(C5CCOCC5)c4)nc4snc(C)c34)CC2)CC1. The minimum atomic E-state index is -0.183. The van der Waals surface area contributed by atoms with Crippen LogP contribution in [0.5, 0.6) is 0 Å². The number of carbonyl (C=O) groups excluding carboxylic acids is 1. The Morgan fingerprint density at radius 3 is 2.60 bits per heavy atom. The van der Waals surface area contributed by atoms with Crippen molar-refractivity contribution in [3.8, 4) is 0 Å². The second-order valence-electron chi connectivity index (χ2n) is 11.2. The molecule has 1 saturated carbocycles. The van der Waals surface area contributed by atoms with Gasteiger partial charge in [-0.3, -0.25) is 9.58 Å². The number of hydrogen-bond donors (Lipinski definition) is 1. The quantitative estimate of drug-likeness (QED) is 0.452. The average Bonchev–Trinajstić information content (AvgIpc) is 3.61. The first-order valence-corrected chi connectivity index (χ1v) is 15.5. The summed E-state index contributed by atoms with van der Waals surface area (Å²) < 4.78 is 17.4. The highest BCUT2D eigenvalue weighted by molar-refractivity contribution is 7.13. The van der Waals surface area contributed by atoms with Crippen LogP contribution < -0.4 is 5.32 Å². The lowest BCUT2D eigenvalue weighted by Gasteiger charge is -2.41. The summed E-state index contributed by atoms with van der Waals surface area (Å²) in [6, 6.07) is 1.35. The van der Waals surface area contributed by atoms with Crippen LogP contribution in [0, 0.1) is 6.92 Å². The number of amides is 1. The van der Waals surface area contributed by atoms with Gasteiger partial charge in [-0.2, -0.15) is 9.47 Å². The average molecular weight is 569 g/mol. The number of fused-ring (bicyclic) bond motifs is 1. The second-order valence-corrected chi connectivity index (χ2v) is 11.9. The van der Waals surface area contributed by atoms with Gasteiger partial charge < -0.3 is 19.7 Å². The molecule has 2 saturated heterocycles. The normalized spacial score (nSPS) is 23.0. The summed E-state index contributed by atoms with van der Waals surface area (Å²) in [5, 5.41) is 9.47. The summed E-state index contributed by atoms with van der Waals surface area (Å²) in [4.78, 5) is 27.3. The Hall–Kier alpha value is -2.83. The third-order valence-electron chi connectivity index (χ3n) is 8.53. The van der Waals surface area contributed by atoms with Crippen molar-refractivity contribution in [2.45, 2.75) is 76.9 Å². The summed E-state index contributed by atoms with van der Waals surface area (Å²) in [6.45, 7) is 9.25. The summed E-state index contributed by atoms with van der Waals surface area (Å²) in [7, 11) is 0. The lowest BCUT2D eigenvalue weighted by Crippen LogP contribution is -2.53. The van der Waals surface area contributed by atoms with E-state index in [0.29, 0.717) is 31.2 Å². The van der Waals surface area contributed by atoms with Gasteiger partial charge in [0, 0.05) is 64.1 Å². The molecule has 2 aliphatic heterocycles. The molecule has 40 heavy (non-hydrogen) atoms. The highest BCUT2D eigenvalue weighted by Crippen LogP contribution is 2.31. The fourth-order valence-corrected chi connectivity index (χ4v) is 7.08. The van der Waals surface area contributed by atoms with Gasteiger partial charge in [-0.1, -0.05) is 0 Å². The monoisotopic (exact) mass is 568 g/mol. The van der Waals surface area contributed by atoms with E-state index in [1.807, 2.05) is 24.9 Å². The molecule has 5 heterocycles. The molecule has 0 aromatic carbocycles. The fraction of sp³-hybridized carbons (Fsp3) is 0.679. The first kappa shape index (κ1) is 27.3. The number of aryl methyl sites for hydroxylation is 1. The minimum Gasteiger partial charge on any atom is -0.450 e. The minimum absolute atomic E-state index is 0.183. The molecular weight excluding hydrogens is 528 g/mol. The zero-order valence-corrected chi connectivity index (χ0v) is 24.4. The van der Waals surface area contributed by atoms with Crippen molar-refractivity contribution in [2.75, 3.05) is 51.3 Å². The summed E-state index contributed by atoms with van der Waals surface area (Å²) in [5.41, 5.74) is 2.11. The Bertz CT molecular complexity index is 1290. The van der Waals surface area contributed by atoms with E-state index in [1.54, 1.807) is 0 Å². The van der Waals surface area contributed by atoms with E-state index < -0.39 is 0 Å². The third kappa shape index (κ3) is 6.08. The first-order chi connectivity index (χ1) is 19.6. The number of hydrogen-bond acceptors (Lipinski definition) is 10. The molecule has 3 fully saturated rings. The van der Waals surface area contributed by atoms with Crippen LogP contribution in [0.15, 0.2) is 12.4 Å². The van der Waals surface area contributed by atoms with Gasteiger partial charge in [0.25, 0.3) is 0 Å². The van der Waals surface area contributed by atoms with E-state index in [-0.39, 0.29) is 6.09 Å². The number of rotatable bonds is 7. The molecule has 11 nitrogen and oxygen atoms in total. The zero-order chi connectivity index (χ0) is 27.5. The molecular formula is C28H40N8O3S. The molecule has 6 rings (SSSR count). The van der Waals surface area contributed by atoms with Crippen LogP contribution in [0.1, 0.15) is 68.6 Å². The van der Waals surface area contributed by atoms with E-state index >= 15 is 0 Å². The predicted molar refractivity (Wildman–Crippen MR) is 154 cm³/mol. The van der Waals surface area contributed by atoms with Crippen LogP contribution in [-0.4, -0.2) is 98.1 Å². The molecule has 1 amide bonds. The van der Waals surface area contributed by atoms with Gasteiger partial charge in [0.15, 0.2) is 0 Å². The van der Waals surface area contributed by atoms with Crippen molar-refractivity contribution in [3.63, 3.8) is 0 Å². The van der Waals surface area contributed by atoms with Gasteiger partial charge in [0.2, 0.25) is 0 Å². The molecule has 3 aliphatic rings. The van der Waals surface area contributed by atoms with Crippen LogP contribution in [0.3, 0.4) is 0 Å². The van der Waals surface area contributed by atoms with E-state index in [1.165, 1.54) is 11.5 Å². The molecule has 12 heteroatoms. The predicted octanol–water partition coefficient (Wildman–Crippen LogP) is 4.03. The Morgan fingerprint density at radius 1 is 1.07 bits per heavy atom. The Balaban J connectivity index is 1.08. The number of nitrogens with zero attached hydrogens (tertiary/aromatic N) is 7. The van der Waals surface area contributed by atoms with Crippen LogP contribution in [-0.2, 0) is 15.9 Å². The molecule has 0 spiro atoms. The maximum absolute atomic E-state index is 12.0. The molecule has 0 radical (unpaired) electrons. The largest absolute Gasteiger partial charge is 0.450 e. The fourth-order valence-electron chi connectivity index (χ4n) is 6.28. The summed E-state index contributed by atoms with van der Waals surface area (Å²) >= 11 is 1.45. The number of ether oxygens (including phenoxy) is 2. The molecule has 3 aromatic heterocycles. The molecule has 0 bridgehead atoms.